The molecule has 1 aromatic carbocycles. The summed E-state index contributed by atoms with van der Waals surface area (Å²) in [6, 6.07) is 6.19. The summed E-state index contributed by atoms with van der Waals surface area (Å²) in [6.07, 6.45) is 0. The molecule has 4 heteroatoms. The van der Waals surface area contributed by atoms with Gasteiger partial charge in [-0.1, -0.05) is 6.07 Å². The van der Waals surface area contributed by atoms with Crippen molar-refractivity contribution < 1.29 is 14.3 Å². The van der Waals surface area contributed by atoms with Gasteiger partial charge in [0.05, 0.1) is 5.56 Å². The normalized spacial score (nSPS) is 9.18. The third kappa shape index (κ3) is 1.81. The van der Waals surface area contributed by atoms with Crippen LogP contribution >= 0.6 is 0 Å². The van der Waals surface area contributed by atoms with Crippen molar-refractivity contribution in [2.24, 2.45) is 0 Å². The van der Waals surface area contributed by atoms with Gasteiger partial charge < -0.3 is 9.53 Å². The summed E-state index contributed by atoms with van der Waals surface area (Å²) in [5.41, 5.74) is 0.209. The molecule has 0 heterocycles. The Balaban J connectivity index is 3.01. The summed E-state index contributed by atoms with van der Waals surface area (Å²) in [5, 5.41) is 8.53. The van der Waals surface area contributed by atoms with Gasteiger partial charge in [0, 0.05) is 0 Å². The summed E-state index contributed by atoms with van der Waals surface area (Å²) < 4.78 is 4.65. The number of hydrogen-bond donors (Lipinski definition) is 1. The van der Waals surface area contributed by atoms with Crippen LogP contribution in [0.2, 0.25) is 0 Å². The highest BCUT2D eigenvalue weighted by molar-refractivity contribution is 6.00. The summed E-state index contributed by atoms with van der Waals surface area (Å²) in [4.78, 5) is 10.4. The number of aromatic carboxylic acids is 1. The Morgan fingerprint density at radius 1 is 1.55 bits per heavy atom. The highest BCUT2D eigenvalue weighted by atomic mass is 28.2. The van der Waals surface area contributed by atoms with E-state index in [1.54, 1.807) is 12.1 Å². The largest absolute Gasteiger partial charge is 0.540 e. The van der Waals surface area contributed by atoms with Crippen molar-refractivity contribution in [3.8, 4) is 5.75 Å². The zero-order valence-corrected chi connectivity index (χ0v) is 6.57. The molecule has 0 atom stereocenters. The minimum atomic E-state index is -0.962. The van der Waals surface area contributed by atoms with Gasteiger partial charge >= 0.3 is 16.5 Å². The minimum absolute atomic E-state index is 0.209. The Morgan fingerprint density at radius 3 is 2.82 bits per heavy atom. The van der Waals surface area contributed by atoms with E-state index < -0.39 is 5.97 Å². The second-order valence-corrected chi connectivity index (χ2v) is 2.14. The lowest BCUT2D eigenvalue weighted by molar-refractivity contribution is 0.0696. The van der Waals surface area contributed by atoms with Crippen LogP contribution in [0.1, 0.15) is 10.4 Å². The highest BCUT2D eigenvalue weighted by Crippen LogP contribution is 2.11. The molecule has 11 heavy (non-hydrogen) atoms. The molecular formula is C7H5O3Si. The van der Waals surface area contributed by atoms with Crippen molar-refractivity contribution in [3.05, 3.63) is 29.8 Å². The van der Waals surface area contributed by atoms with Crippen molar-refractivity contribution in [1.82, 2.24) is 0 Å². The summed E-state index contributed by atoms with van der Waals surface area (Å²) in [6.45, 7) is 0. The Morgan fingerprint density at radius 2 is 2.27 bits per heavy atom. The molecule has 0 spiro atoms. The smallest absolute Gasteiger partial charge is 0.341 e. The molecule has 3 radical (unpaired) electrons. The molecule has 0 saturated heterocycles. The molecule has 3 nitrogen and oxygen atoms in total. The molecule has 1 aromatic rings. The van der Waals surface area contributed by atoms with Gasteiger partial charge in [0.25, 0.3) is 0 Å². The lowest BCUT2D eigenvalue weighted by Crippen LogP contribution is -1.96. The Labute approximate surface area is 67.2 Å². The van der Waals surface area contributed by atoms with Crippen LogP contribution in [0.4, 0.5) is 0 Å². The number of carbonyl (C=O) groups is 1. The second kappa shape index (κ2) is 3.20. The number of rotatable bonds is 2. The molecular weight excluding hydrogens is 160 g/mol. The van der Waals surface area contributed by atoms with E-state index in [2.05, 4.69) is 14.9 Å². The van der Waals surface area contributed by atoms with Gasteiger partial charge in [-0.15, -0.1) is 0 Å². The quantitative estimate of drug-likeness (QED) is 0.661. The topological polar surface area (TPSA) is 46.5 Å². The zero-order chi connectivity index (χ0) is 8.27. The second-order valence-electron chi connectivity index (χ2n) is 1.94. The molecule has 0 aliphatic rings. The molecule has 0 fully saturated rings. The molecule has 1 N–H and O–H groups in total. The van der Waals surface area contributed by atoms with Crippen molar-refractivity contribution in [2.75, 3.05) is 0 Å². The highest BCUT2D eigenvalue weighted by Gasteiger charge is 2.01. The number of carboxylic acids is 1. The SMILES string of the molecule is O=C(O)c1cccc(O[Si])c1. The van der Waals surface area contributed by atoms with Gasteiger partial charge in [-0.2, -0.15) is 0 Å². The maximum Gasteiger partial charge on any atom is 0.341 e. The molecule has 0 unspecified atom stereocenters. The average Bonchev–Trinajstić information content (AvgIpc) is 2.05. The van der Waals surface area contributed by atoms with E-state index in [-0.39, 0.29) is 5.56 Å². The standard InChI is InChI=1S/C7H5O3Si/c8-7(9)5-2-1-3-6(4-5)10-11/h1-4H,(H,8,9). The lowest BCUT2D eigenvalue weighted by atomic mass is 10.2. The molecule has 0 amide bonds. The maximum atomic E-state index is 10.4. The molecule has 1 rings (SSSR count). The van der Waals surface area contributed by atoms with E-state index in [9.17, 15) is 4.79 Å². The molecule has 0 aliphatic heterocycles. The summed E-state index contributed by atoms with van der Waals surface area (Å²) in [7, 11) is 2.79. The predicted molar refractivity (Wildman–Crippen MR) is 39.8 cm³/mol. The third-order valence-electron chi connectivity index (χ3n) is 1.20. The van der Waals surface area contributed by atoms with Gasteiger partial charge in [-0.05, 0) is 18.2 Å². The van der Waals surface area contributed by atoms with Crippen molar-refractivity contribution >= 4 is 16.5 Å². The van der Waals surface area contributed by atoms with Crippen LogP contribution in [-0.4, -0.2) is 21.6 Å². The van der Waals surface area contributed by atoms with E-state index in [0.29, 0.717) is 5.75 Å². The van der Waals surface area contributed by atoms with Crippen molar-refractivity contribution in [2.45, 2.75) is 0 Å². The first-order valence-electron chi connectivity index (χ1n) is 2.91. The van der Waals surface area contributed by atoms with E-state index in [1.165, 1.54) is 12.1 Å². The van der Waals surface area contributed by atoms with Crippen LogP contribution in [0.25, 0.3) is 0 Å². The van der Waals surface area contributed by atoms with Gasteiger partial charge in [0.2, 0.25) is 0 Å². The molecule has 0 saturated carbocycles. The van der Waals surface area contributed by atoms with Crippen LogP contribution in [-0.2, 0) is 0 Å². The van der Waals surface area contributed by atoms with Crippen molar-refractivity contribution in [3.63, 3.8) is 0 Å². The van der Waals surface area contributed by atoms with Crippen LogP contribution < -0.4 is 4.43 Å². The van der Waals surface area contributed by atoms with Gasteiger partial charge in [0.1, 0.15) is 5.75 Å². The minimum Gasteiger partial charge on any atom is -0.540 e. The Hall–Kier alpha value is -1.29. The first-order valence-corrected chi connectivity index (χ1v) is 3.32. The van der Waals surface area contributed by atoms with Crippen LogP contribution in [0, 0.1) is 0 Å². The van der Waals surface area contributed by atoms with E-state index in [1.807, 2.05) is 0 Å². The zero-order valence-electron chi connectivity index (χ0n) is 5.57. The van der Waals surface area contributed by atoms with Crippen molar-refractivity contribution in [1.29, 1.82) is 0 Å². The third-order valence-corrected chi connectivity index (χ3v) is 1.43. The molecule has 0 aliphatic carbocycles. The predicted octanol–water partition coefficient (Wildman–Crippen LogP) is 0.847. The average molecular weight is 165 g/mol. The number of carboxylic acid groups (broad SMARTS) is 1. The monoisotopic (exact) mass is 165 g/mol. The first-order chi connectivity index (χ1) is 5.24. The summed E-state index contributed by atoms with van der Waals surface area (Å²) in [5.74, 6) is -0.489. The van der Waals surface area contributed by atoms with E-state index in [0.717, 1.165) is 0 Å². The van der Waals surface area contributed by atoms with E-state index >= 15 is 0 Å². The molecule has 0 aromatic heterocycles. The molecule has 55 valence electrons. The summed E-state index contributed by atoms with van der Waals surface area (Å²) >= 11 is 0. The fraction of sp³-hybridized carbons (Fsp3) is 0. The number of benzene rings is 1. The van der Waals surface area contributed by atoms with E-state index in [4.69, 9.17) is 5.11 Å². The fourth-order valence-electron chi connectivity index (χ4n) is 0.693. The maximum absolute atomic E-state index is 10.4. The Bertz CT molecular complexity index is 272. The van der Waals surface area contributed by atoms with Gasteiger partial charge in [-0.25, -0.2) is 4.79 Å². The molecule has 0 bridgehead atoms. The van der Waals surface area contributed by atoms with Crippen LogP contribution in [0.5, 0.6) is 5.75 Å². The number of hydrogen-bond acceptors (Lipinski definition) is 2. The fourth-order valence-corrected chi connectivity index (χ4v) is 0.820. The first kappa shape index (κ1) is 7.81. The Kier molecular flexibility index (Phi) is 2.27. The van der Waals surface area contributed by atoms with Gasteiger partial charge in [-0.3, -0.25) is 0 Å². The van der Waals surface area contributed by atoms with Crippen LogP contribution in [0.15, 0.2) is 24.3 Å². The van der Waals surface area contributed by atoms with Gasteiger partial charge in [0.15, 0.2) is 0 Å². The lowest BCUT2D eigenvalue weighted by Gasteiger charge is -1.99. The van der Waals surface area contributed by atoms with Crippen LogP contribution in [0.3, 0.4) is 0 Å².